The van der Waals surface area contributed by atoms with Crippen molar-refractivity contribution in [3.63, 3.8) is 0 Å². The zero-order valence-corrected chi connectivity index (χ0v) is 28.7. The fraction of sp³-hybridized carbons (Fsp3) is 0.231. The Labute approximate surface area is 300 Å². The molecule has 4 rings (SSSR count). The Morgan fingerprint density at radius 3 is 1.73 bits per heavy atom. The van der Waals surface area contributed by atoms with E-state index in [1.807, 2.05) is 0 Å². The van der Waals surface area contributed by atoms with E-state index in [-0.39, 0.29) is 58.2 Å². The number of rotatable bonds is 17. The zero-order chi connectivity index (χ0) is 37.6. The summed E-state index contributed by atoms with van der Waals surface area (Å²) < 4.78 is 31.9. The molecule has 13 heteroatoms. The number of aliphatic hydroxyl groups is 1. The van der Waals surface area contributed by atoms with Gasteiger partial charge < -0.3 is 54.0 Å². The molecule has 0 aliphatic heterocycles. The number of carbonyl (C=O) groups is 2. The van der Waals surface area contributed by atoms with Gasteiger partial charge in [-0.25, -0.2) is 9.59 Å². The van der Waals surface area contributed by atoms with Gasteiger partial charge >= 0.3 is 11.9 Å². The number of aromatic hydroxyl groups is 4. The highest BCUT2D eigenvalue weighted by molar-refractivity contribution is 5.87. The molecule has 5 N–H and O–H groups in total. The Hall–Kier alpha value is -6.34. The van der Waals surface area contributed by atoms with Gasteiger partial charge in [0.05, 0.1) is 27.9 Å². The smallest absolute Gasteiger partial charge is 0.330 e. The summed E-state index contributed by atoms with van der Waals surface area (Å²) in [5, 5.41) is 51.6. The molecular formula is C39H40O13. The van der Waals surface area contributed by atoms with Crippen LogP contribution in [0.5, 0.6) is 46.0 Å². The lowest BCUT2D eigenvalue weighted by molar-refractivity contribution is -0.142. The first-order valence-corrected chi connectivity index (χ1v) is 16.0. The second-order valence-corrected chi connectivity index (χ2v) is 11.3. The summed E-state index contributed by atoms with van der Waals surface area (Å²) >= 11 is 0. The highest BCUT2D eigenvalue weighted by atomic mass is 16.6. The van der Waals surface area contributed by atoms with E-state index in [1.165, 1.54) is 88.1 Å². The summed E-state index contributed by atoms with van der Waals surface area (Å²) in [5.74, 6) is -1.15. The summed E-state index contributed by atoms with van der Waals surface area (Å²) in [6.45, 7) is -0.320. The van der Waals surface area contributed by atoms with Gasteiger partial charge in [-0.2, -0.15) is 0 Å². The molecule has 0 bridgehead atoms. The van der Waals surface area contributed by atoms with Crippen LogP contribution in [-0.2, 0) is 25.5 Å². The lowest BCUT2D eigenvalue weighted by Gasteiger charge is -2.25. The molecule has 0 saturated heterocycles. The second kappa shape index (κ2) is 18.6. The predicted molar refractivity (Wildman–Crippen MR) is 190 cm³/mol. The van der Waals surface area contributed by atoms with E-state index in [2.05, 4.69) is 0 Å². The van der Waals surface area contributed by atoms with Crippen LogP contribution >= 0.6 is 0 Å². The van der Waals surface area contributed by atoms with Crippen molar-refractivity contribution in [1.29, 1.82) is 0 Å². The third kappa shape index (κ3) is 10.8. The van der Waals surface area contributed by atoms with Crippen molar-refractivity contribution in [3.05, 3.63) is 107 Å². The van der Waals surface area contributed by atoms with Crippen LogP contribution in [0.15, 0.2) is 84.9 Å². The largest absolute Gasteiger partial charge is 0.504 e. The maximum Gasteiger partial charge on any atom is 0.330 e. The molecule has 0 aromatic heterocycles. The Kier molecular flexibility index (Phi) is 13.8. The standard InChI is InChI=1S/C39H40O13/c1-47-33-20-25(6-12-28(33)40)9-16-37(44)50-18-4-5-24-8-15-32(31(43)19-24)52-36(39(46)27-11-14-30(42)35(22-27)49-3)23-51-38(45)17-10-26-7-13-29(41)34(21-26)48-2/h6-17,19-22,36,39-43,46H,4-5,18,23H2,1-3H3/b16-9+,17-10+/t36-,39-/m0/s1. The molecule has 2 atom stereocenters. The van der Waals surface area contributed by atoms with Crippen molar-refractivity contribution < 1.29 is 63.5 Å². The van der Waals surface area contributed by atoms with Crippen molar-refractivity contribution in [2.75, 3.05) is 34.5 Å². The van der Waals surface area contributed by atoms with Gasteiger partial charge in [-0.05, 0) is 95.8 Å². The molecule has 4 aromatic rings. The van der Waals surface area contributed by atoms with Crippen LogP contribution in [0.1, 0.15) is 34.8 Å². The number of ether oxygens (including phenoxy) is 6. The quantitative estimate of drug-likeness (QED) is 0.0526. The van der Waals surface area contributed by atoms with E-state index in [0.717, 1.165) is 11.6 Å². The third-order valence-electron chi connectivity index (χ3n) is 7.67. The molecular weight excluding hydrogens is 676 g/mol. The topological polar surface area (TPSA) is 191 Å². The van der Waals surface area contributed by atoms with Crippen LogP contribution < -0.4 is 18.9 Å². The molecule has 0 unspecified atom stereocenters. The van der Waals surface area contributed by atoms with Crippen molar-refractivity contribution in [2.45, 2.75) is 25.0 Å². The number of esters is 2. The molecule has 0 spiro atoms. The number of hydrogen-bond donors (Lipinski definition) is 5. The number of methoxy groups -OCH3 is 3. The van der Waals surface area contributed by atoms with Crippen molar-refractivity contribution in [3.8, 4) is 46.0 Å². The van der Waals surface area contributed by atoms with E-state index >= 15 is 0 Å². The number of hydrogen-bond acceptors (Lipinski definition) is 13. The van der Waals surface area contributed by atoms with E-state index in [0.29, 0.717) is 24.0 Å². The lowest BCUT2D eigenvalue weighted by Crippen LogP contribution is -2.31. The van der Waals surface area contributed by atoms with Crippen LogP contribution in [0, 0.1) is 0 Å². The maximum absolute atomic E-state index is 12.6. The maximum atomic E-state index is 12.6. The molecule has 52 heavy (non-hydrogen) atoms. The first kappa shape index (κ1) is 38.5. The average Bonchev–Trinajstić information content (AvgIpc) is 3.15. The summed E-state index contributed by atoms with van der Waals surface area (Å²) in [6.07, 6.45) is 3.72. The molecule has 274 valence electrons. The molecule has 0 heterocycles. The Balaban J connectivity index is 1.38. The minimum absolute atomic E-state index is 0.00347. The van der Waals surface area contributed by atoms with Crippen LogP contribution in [0.25, 0.3) is 12.2 Å². The van der Waals surface area contributed by atoms with E-state index < -0.39 is 30.8 Å². The van der Waals surface area contributed by atoms with E-state index in [4.69, 9.17) is 28.4 Å². The molecule has 0 aliphatic carbocycles. The van der Waals surface area contributed by atoms with Crippen molar-refractivity contribution in [1.82, 2.24) is 0 Å². The zero-order valence-electron chi connectivity index (χ0n) is 28.7. The Morgan fingerprint density at radius 2 is 1.17 bits per heavy atom. The van der Waals surface area contributed by atoms with Crippen LogP contribution in [0.4, 0.5) is 0 Å². The summed E-state index contributed by atoms with van der Waals surface area (Å²) in [5.41, 5.74) is 2.20. The van der Waals surface area contributed by atoms with Gasteiger partial charge in [0.15, 0.2) is 52.1 Å². The Morgan fingerprint density at radius 1 is 0.635 bits per heavy atom. The molecule has 0 aliphatic rings. The highest BCUT2D eigenvalue weighted by Crippen LogP contribution is 2.34. The minimum Gasteiger partial charge on any atom is -0.504 e. The summed E-state index contributed by atoms with van der Waals surface area (Å²) in [4.78, 5) is 24.8. The van der Waals surface area contributed by atoms with Crippen molar-refractivity contribution >= 4 is 24.1 Å². The lowest BCUT2D eigenvalue weighted by atomic mass is 10.0. The van der Waals surface area contributed by atoms with Gasteiger partial charge in [-0.15, -0.1) is 0 Å². The van der Waals surface area contributed by atoms with Crippen molar-refractivity contribution in [2.24, 2.45) is 0 Å². The first-order chi connectivity index (χ1) is 25.0. The van der Waals surface area contributed by atoms with Gasteiger partial charge in [0.25, 0.3) is 0 Å². The van der Waals surface area contributed by atoms with Crippen LogP contribution in [-0.4, -0.2) is 78.1 Å². The fourth-order valence-corrected chi connectivity index (χ4v) is 4.90. The van der Waals surface area contributed by atoms with Gasteiger partial charge in [0.2, 0.25) is 0 Å². The number of phenols is 4. The number of benzene rings is 4. The molecule has 13 nitrogen and oxygen atoms in total. The van der Waals surface area contributed by atoms with Crippen LogP contribution in [0.2, 0.25) is 0 Å². The molecule has 0 amide bonds. The van der Waals surface area contributed by atoms with Crippen LogP contribution in [0.3, 0.4) is 0 Å². The molecule has 4 aromatic carbocycles. The third-order valence-corrected chi connectivity index (χ3v) is 7.67. The highest BCUT2D eigenvalue weighted by Gasteiger charge is 2.27. The first-order valence-electron chi connectivity index (χ1n) is 16.0. The minimum atomic E-state index is -1.40. The Bertz CT molecular complexity index is 1900. The SMILES string of the molecule is COc1cc(/C=C/C(=O)OCCCc2ccc(O[C@@H](COC(=O)/C=C/c3ccc(O)c(OC)c3)[C@@H](O)c3ccc(O)c(OC)c3)c(O)c2)ccc1O. The van der Waals surface area contributed by atoms with E-state index in [1.54, 1.807) is 24.3 Å². The molecule has 0 radical (unpaired) electrons. The van der Waals surface area contributed by atoms with Gasteiger partial charge in [0, 0.05) is 12.2 Å². The predicted octanol–water partition coefficient (Wildman–Crippen LogP) is 5.46. The normalized spacial score (nSPS) is 12.3. The van der Waals surface area contributed by atoms with Gasteiger partial charge in [0.1, 0.15) is 12.7 Å². The summed E-state index contributed by atoms with van der Waals surface area (Å²) in [6, 6.07) is 18.1. The number of carbonyl (C=O) groups excluding carboxylic acids is 2. The fourth-order valence-electron chi connectivity index (χ4n) is 4.90. The van der Waals surface area contributed by atoms with Gasteiger partial charge in [-0.1, -0.05) is 24.3 Å². The number of aryl methyl sites for hydroxylation is 1. The molecule has 0 saturated carbocycles. The average molecular weight is 717 g/mol. The molecule has 0 fully saturated rings. The number of aliphatic hydroxyl groups excluding tert-OH is 1. The van der Waals surface area contributed by atoms with Gasteiger partial charge in [-0.3, -0.25) is 0 Å². The summed E-state index contributed by atoms with van der Waals surface area (Å²) in [7, 11) is 4.18. The number of phenolic OH excluding ortho intramolecular Hbond substituents is 4. The monoisotopic (exact) mass is 716 g/mol. The second-order valence-electron chi connectivity index (χ2n) is 11.3. The van der Waals surface area contributed by atoms with E-state index in [9.17, 15) is 35.1 Å².